The number of urea groups is 1. The van der Waals surface area contributed by atoms with Gasteiger partial charge in [-0.2, -0.15) is 0 Å². The Morgan fingerprint density at radius 3 is 2.52 bits per heavy atom. The van der Waals surface area contributed by atoms with Gasteiger partial charge in [0.15, 0.2) is 0 Å². The molecule has 2 rings (SSSR count). The summed E-state index contributed by atoms with van der Waals surface area (Å²) in [4.78, 5) is 13.6. The van der Waals surface area contributed by atoms with Crippen molar-refractivity contribution in [2.45, 2.75) is 25.4 Å². The van der Waals surface area contributed by atoms with Crippen LogP contribution in [-0.4, -0.2) is 54.3 Å². The number of carbonyl (C=O) groups is 1. The maximum atomic E-state index is 12.2. The van der Waals surface area contributed by atoms with Crippen LogP contribution >= 0.6 is 0 Å². The first kappa shape index (κ1) is 17.4. The number of halogens is 3. The van der Waals surface area contributed by atoms with Gasteiger partial charge in [0.25, 0.3) is 0 Å². The van der Waals surface area contributed by atoms with E-state index < -0.39 is 24.5 Å². The van der Waals surface area contributed by atoms with Gasteiger partial charge in [-0.1, -0.05) is 0 Å². The molecule has 2 atom stereocenters. The van der Waals surface area contributed by atoms with Gasteiger partial charge in [0.2, 0.25) is 0 Å². The minimum absolute atomic E-state index is 0.165. The molecular formula is C14H17F3N2O4. The number of nitrogens with zero attached hydrogens (tertiary/aromatic N) is 1. The molecule has 0 aromatic heterocycles. The number of aliphatic hydroxyl groups is 1. The highest BCUT2D eigenvalue weighted by molar-refractivity contribution is 5.89. The lowest BCUT2D eigenvalue weighted by atomic mass is 10.2. The lowest BCUT2D eigenvalue weighted by Gasteiger charge is -2.28. The molecule has 0 spiro atoms. The average molecular weight is 334 g/mol. The Hall–Kier alpha value is -2.00. The molecule has 0 bridgehead atoms. The van der Waals surface area contributed by atoms with E-state index in [1.54, 1.807) is 6.92 Å². The summed E-state index contributed by atoms with van der Waals surface area (Å²) < 4.78 is 45.1. The Balaban J connectivity index is 1.98. The van der Waals surface area contributed by atoms with Crippen LogP contribution in [0, 0.1) is 0 Å². The fraction of sp³-hybridized carbons (Fsp3) is 0.500. The molecule has 128 valence electrons. The van der Waals surface area contributed by atoms with Crippen molar-refractivity contribution < 1.29 is 32.5 Å². The number of amides is 2. The van der Waals surface area contributed by atoms with E-state index in [0.717, 1.165) is 12.1 Å². The van der Waals surface area contributed by atoms with E-state index in [2.05, 4.69) is 10.1 Å². The molecule has 2 amide bonds. The van der Waals surface area contributed by atoms with Crippen molar-refractivity contribution in [3.8, 4) is 5.75 Å². The first-order chi connectivity index (χ1) is 10.8. The highest BCUT2D eigenvalue weighted by Gasteiger charge is 2.34. The number of ether oxygens (including phenoxy) is 2. The number of hydrogen-bond acceptors (Lipinski definition) is 4. The molecule has 1 aromatic carbocycles. The first-order valence-corrected chi connectivity index (χ1v) is 6.99. The van der Waals surface area contributed by atoms with E-state index >= 15 is 0 Å². The molecule has 6 nitrogen and oxygen atoms in total. The third-order valence-corrected chi connectivity index (χ3v) is 3.36. The van der Waals surface area contributed by atoms with Gasteiger partial charge in [-0.25, -0.2) is 4.79 Å². The minimum Gasteiger partial charge on any atom is -0.406 e. The van der Waals surface area contributed by atoms with Crippen molar-refractivity contribution in [2.24, 2.45) is 0 Å². The van der Waals surface area contributed by atoms with Crippen LogP contribution in [0.4, 0.5) is 23.7 Å². The average Bonchev–Trinajstić information content (AvgIpc) is 2.87. The molecule has 0 saturated carbocycles. The number of benzene rings is 1. The van der Waals surface area contributed by atoms with Gasteiger partial charge in [-0.15, -0.1) is 13.2 Å². The van der Waals surface area contributed by atoms with Crippen LogP contribution < -0.4 is 10.1 Å². The van der Waals surface area contributed by atoms with Crippen LogP contribution in [0.2, 0.25) is 0 Å². The van der Waals surface area contributed by atoms with Crippen molar-refractivity contribution >= 4 is 11.7 Å². The summed E-state index contributed by atoms with van der Waals surface area (Å²) in [7, 11) is 0. The molecule has 9 heteroatoms. The van der Waals surface area contributed by atoms with E-state index in [9.17, 15) is 23.1 Å². The molecule has 1 saturated heterocycles. The molecule has 23 heavy (non-hydrogen) atoms. The second kappa shape index (κ2) is 7.05. The Bertz CT molecular complexity index is 536. The Labute approximate surface area is 130 Å². The van der Waals surface area contributed by atoms with E-state index in [-0.39, 0.29) is 19.0 Å². The molecule has 1 aliphatic heterocycles. The lowest BCUT2D eigenvalue weighted by molar-refractivity contribution is -0.274. The van der Waals surface area contributed by atoms with Gasteiger partial charge in [0, 0.05) is 12.2 Å². The molecular weight excluding hydrogens is 317 g/mol. The maximum Gasteiger partial charge on any atom is 0.573 e. The third-order valence-electron chi connectivity index (χ3n) is 3.36. The summed E-state index contributed by atoms with van der Waals surface area (Å²) in [5.74, 6) is -0.373. The van der Waals surface area contributed by atoms with Gasteiger partial charge in [0.05, 0.1) is 25.4 Å². The summed E-state index contributed by atoms with van der Waals surface area (Å²) in [6.45, 7) is 2.51. The minimum atomic E-state index is -4.76. The van der Waals surface area contributed by atoms with Crippen molar-refractivity contribution in [3.63, 3.8) is 0 Å². The normalized spacial score (nSPS) is 21.1. The Morgan fingerprint density at radius 1 is 1.39 bits per heavy atom. The number of likely N-dealkylation sites (N-methyl/N-ethyl adjacent to an activating group) is 1. The van der Waals surface area contributed by atoms with Crippen LogP contribution in [0.25, 0.3) is 0 Å². The lowest BCUT2D eigenvalue weighted by Crippen LogP contribution is -2.48. The van der Waals surface area contributed by atoms with Crippen LogP contribution in [0.15, 0.2) is 24.3 Å². The van der Waals surface area contributed by atoms with Crippen LogP contribution in [-0.2, 0) is 4.74 Å². The SMILES string of the molecule is CCN(C(=O)Nc1ccc(OC(F)(F)F)cc1)[C@H]1COC[C@@H]1O. The first-order valence-electron chi connectivity index (χ1n) is 6.99. The zero-order chi connectivity index (χ0) is 17.0. The van der Waals surface area contributed by atoms with Crippen LogP contribution in [0.1, 0.15) is 6.92 Å². The predicted molar refractivity (Wildman–Crippen MR) is 75.1 cm³/mol. The van der Waals surface area contributed by atoms with Gasteiger partial charge in [0.1, 0.15) is 5.75 Å². The van der Waals surface area contributed by atoms with Crippen molar-refractivity contribution in [1.29, 1.82) is 0 Å². The van der Waals surface area contributed by atoms with E-state index in [1.807, 2.05) is 0 Å². The van der Waals surface area contributed by atoms with Gasteiger partial charge in [-0.05, 0) is 31.2 Å². The molecule has 0 aliphatic carbocycles. The van der Waals surface area contributed by atoms with E-state index in [1.165, 1.54) is 17.0 Å². The second-order valence-electron chi connectivity index (χ2n) is 4.96. The van der Waals surface area contributed by atoms with Crippen LogP contribution in [0.5, 0.6) is 5.75 Å². The fourth-order valence-electron chi connectivity index (χ4n) is 2.29. The molecule has 1 fully saturated rings. The molecule has 1 heterocycles. The van der Waals surface area contributed by atoms with Crippen molar-refractivity contribution in [3.05, 3.63) is 24.3 Å². The third kappa shape index (κ3) is 4.73. The molecule has 1 aliphatic rings. The second-order valence-corrected chi connectivity index (χ2v) is 4.96. The molecule has 0 unspecified atom stereocenters. The number of alkyl halides is 3. The van der Waals surface area contributed by atoms with E-state index in [4.69, 9.17) is 4.74 Å². The quantitative estimate of drug-likeness (QED) is 0.886. The zero-order valence-corrected chi connectivity index (χ0v) is 12.3. The highest BCUT2D eigenvalue weighted by atomic mass is 19.4. The van der Waals surface area contributed by atoms with Crippen molar-refractivity contribution in [2.75, 3.05) is 25.1 Å². The van der Waals surface area contributed by atoms with Gasteiger partial charge < -0.3 is 24.8 Å². The topological polar surface area (TPSA) is 71.0 Å². The number of aliphatic hydroxyl groups excluding tert-OH is 1. The van der Waals surface area contributed by atoms with Gasteiger partial charge in [-0.3, -0.25) is 0 Å². The van der Waals surface area contributed by atoms with Crippen LogP contribution in [0.3, 0.4) is 0 Å². The Morgan fingerprint density at radius 2 is 2.04 bits per heavy atom. The fourth-order valence-corrected chi connectivity index (χ4v) is 2.29. The number of anilines is 1. The molecule has 2 N–H and O–H groups in total. The maximum absolute atomic E-state index is 12.2. The summed E-state index contributed by atoms with van der Waals surface area (Å²) in [5.41, 5.74) is 0.316. The summed E-state index contributed by atoms with van der Waals surface area (Å²) in [6.07, 6.45) is -5.52. The number of hydrogen-bond donors (Lipinski definition) is 2. The number of rotatable bonds is 4. The standard InChI is InChI=1S/C14H17F3N2O4/c1-2-19(11-7-22-8-12(11)20)13(21)18-9-3-5-10(6-4-9)23-14(15,16)17/h3-6,11-12,20H,2,7-8H2,1H3,(H,18,21)/t11-,12-/m0/s1. The monoisotopic (exact) mass is 334 g/mol. The largest absolute Gasteiger partial charge is 0.573 e. The Kier molecular flexibility index (Phi) is 5.32. The molecule has 0 radical (unpaired) electrons. The number of nitrogens with one attached hydrogen (secondary N) is 1. The zero-order valence-electron chi connectivity index (χ0n) is 12.3. The smallest absolute Gasteiger partial charge is 0.406 e. The number of carbonyl (C=O) groups excluding carboxylic acids is 1. The molecule has 1 aromatic rings. The van der Waals surface area contributed by atoms with Crippen molar-refractivity contribution in [1.82, 2.24) is 4.90 Å². The van der Waals surface area contributed by atoms with Gasteiger partial charge >= 0.3 is 12.4 Å². The summed E-state index contributed by atoms with van der Waals surface area (Å²) in [5, 5.41) is 12.3. The van der Waals surface area contributed by atoms with E-state index in [0.29, 0.717) is 12.2 Å². The predicted octanol–water partition coefficient (Wildman–Crippen LogP) is 2.20. The summed E-state index contributed by atoms with van der Waals surface area (Å²) >= 11 is 0. The highest BCUT2D eigenvalue weighted by Crippen LogP contribution is 2.24. The summed E-state index contributed by atoms with van der Waals surface area (Å²) in [6, 6.07) is 3.89.